The Morgan fingerprint density at radius 1 is 1.16 bits per heavy atom. The lowest BCUT2D eigenvalue weighted by Gasteiger charge is -2.07. The predicted molar refractivity (Wildman–Crippen MR) is 77.0 cm³/mol. The molecule has 100 valence electrons. The van der Waals surface area contributed by atoms with Gasteiger partial charge >= 0.3 is 0 Å². The van der Waals surface area contributed by atoms with Gasteiger partial charge in [0.25, 0.3) is 5.56 Å². The molecule has 0 saturated carbocycles. The second-order valence-electron chi connectivity index (χ2n) is 4.47. The molecule has 0 spiro atoms. The van der Waals surface area contributed by atoms with Crippen molar-refractivity contribution < 1.29 is 0 Å². The highest BCUT2D eigenvalue weighted by Gasteiger charge is 2.03. The molecule has 0 fully saturated rings. The first-order valence-electron chi connectivity index (χ1n) is 6.62. The summed E-state index contributed by atoms with van der Waals surface area (Å²) in [4.78, 5) is 11.7. The second-order valence-corrected chi connectivity index (χ2v) is 4.47. The Bertz CT molecular complexity index is 587. The summed E-state index contributed by atoms with van der Waals surface area (Å²) in [7, 11) is 0. The predicted octanol–water partition coefficient (Wildman–Crippen LogP) is 1.82. The van der Waals surface area contributed by atoms with Crippen molar-refractivity contribution in [2.75, 3.05) is 6.54 Å². The fourth-order valence-electron chi connectivity index (χ4n) is 1.92. The minimum atomic E-state index is -0.0811. The number of benzene rings is 1. The molecule has 0 aliphatic rings. The number of hydrogen-bond donors (Lipinski definition) is 1. The van der Waals surface area contributed by atoms with E-state index in [-0.39, 0.29) is 5.56 Å². The van der Waals surface area contributed by atoms with Gasteiger partial charge in [-0.25, -0.2) is 4.68 Å². The molecule has 4 nitrogen and oxygen atoms in total. The molecule has 1 aromatic heterocycles. The van der Waals surface area contributed by atoms with Crippen LogP contribution in [0.5, 0.6) is 0 Å². The zero-order valence-electron chi connectivity index (χ0n) is 11.2. The fraction of sp³-hybridized carbons (Fsp3) is 0.333. The smallest absolute Gasteiger partial charge is 0.266 e. The first-order chi connectivity index (χ1) is 9.24. The van der Waals surface area contributed by atoms with Gasteiger partial charge in [0.05, 0.1) is 5.69 Å². The molecule has 0 bridgehead atoms. The first kappa shape index (κ1) is 13.5. The van der Waals surface area contributed by atoms with Gasteiger partial charge in [-0.15, -0.1) is 0 Å². The molecule has 2 aromatic rings. The van der Waals surface area contributed by atoms with Crippen molar-refractivity contribution in [3.8, 4) is 11.3 Å². The summed E-state index contributed by atoms with van der Waals surface area (Å²) >= 11 is 0. The number of aryl methyl sites for hydroxylation is 2. The van der Waals surface area contributed by atoms with Crippen molar-refractivity contribution in [2.24, 2.45) is 5.73 Å². The van der Waals surface area contributed by atoms with Crippen LogP contribution in [0.4, 0.5) is 0 Å². The lowest BCUT2D eigenvalue weighted by atomic mass is 10.1. The SMILES string of the molecule is CCc1ccc(-c2ccc(=O)n(CCCN)n2)cc1. The Balaban J connectivity index is 2.30. The van der Waals surface area contributed by atoms with Gasteiger partial charge in [-0.1, -0.05) is 31.2 Å². The fourth-order valence-corrected chi connectivity index (χ4v) is 1.92. The molecule has 19 heavy (non-hydrogen) atoms. The third-order valence-corrected chi connectivity index (χ3v) is 3.10. The second kappa shape index (κ2) is 6.29. The van der Waals surface area contributed by atoms with Crippen LogP contribution in [0.25, 0.3) is 11.3 Å². The third-order valence-electron chi connectivity index (χ3n) is 3.10. The zero-order chi connectivity index (χ0) is 13.7. The minimum absolute atomic E-state index is 0.0811. The average Bonchev–Trinajstić information content (AvgIpc) is 2.46. The van der Waals surface area contributed by atoms with Crippen LogP contribution < -0.4 is 11.3 Å². The molecule has 1 aromatic carbocycles. The summed E-state index contributed by atoms with van der Waals surface area (Å²) in [5, 5.41) is 4.38. The summed E-state index contributed by atoms with van der Waals surface area (Å²) < 4.78 is 1.48. The van der Waals surface area contributed by atoms with Crippen LogP contribution in [0.15, 0.2) is 41.2 Å². The minimum Gasteiger partial charge on any atom is -0.330 e. The number of nitrogens with zero attached hydrogens (tertiary/aromatic N) is 2. The van der Waals surface area contributed by atoms with E-state index in [4.69, 9.17) is 5.73 Å². The molecule has 0 saturated heterocycles. The lowest BCUT2D eigenvalue weighted by molar-refractivity contribution is 0.556. The maximum Gasteiger partial charge on any atom is 0.266 e. The highest BCUT2D eigenvalue weighted by molar-refractivity contribution is 5.58. The maximum absolute atomic E-state index is 11.7. The molecular weight excluding hydrogens is 238 g/mol. The number of aromatic nitrogens is 2. The summed E-state index contributed by atoms with van der Waals surface area (Å²) in [6, 6.07) is 11.6. The van der Waals surface area contributed by atoms with Gasteiger partial charge in [0, 0.05) is 18.2 Å². The molecule has 4 heteroatoms. The van der Waals surface area contributed by atoms with Crippen LogP contribution in [0, 0.1) is 0 Å². The van der Waals surface area contributed by atoms with Crippen LogP contribution in [-0.4, -0.2) is 16.3 Å². The Morgan fingerprint density at radius 2 is 1.89 bits per heavy atom. The normalized spacial score (nSPS) is 10.6. The van der Waals surface area contributed by atoms with E-state index in [0.717, 1.165) is 24.1 Å². The Kier molecular flexibility index (Phi) is 4.47. The third kappa shape index (κ3) is 3.29. The van der Waals surface area contributed by atoms with Crippen molar-refractivity contribution >= 4 is 0 Å². The number of rotatable bonds is 5. The Morgan fingerprint density at radius 3 is 2.53 bits per heavy atom. The molecule has 0 aliphatic carbocycles. The lowest BCUT2D eigenvalue weighted by Crippen LogP contribution is -2.23. The van der Waals surface area contributed by atoms with Crippen molar-refractivity contribution in [1.29, 1.82) is 0 Å². The molecule has 0 atom stereocenters. The highest BCUT2D eigenvalue weighted by Crippen LogP contribution is 2.16. The van der Waals surface area contributed by atoms with E-state index in [1.807, 2.05) is 12.1 Å². The van der Waals surface area contributed by atoms with E-state index in [0.29, 0.717) is 13.1 Å². The number of nitrogens with two attached hydrogens (primary N) is 1. The average molecular weight is 257 g/mol. The molecule has 2 N–H and O–H groups in total. The van der Waals surface area contributed by atoms with Crippen molar-refractivity contribution in [2.45, 2.75) is 26.3 Å². The molecule has 2 rings (SSSR count). The van der Waals surface area contributed by atoms with Gasteiger partial charge in [-0.3, -0.25) is 4.79 Å². The van der Waals surface area contributed by atoms with E-state index >= 15 is 0 Å². The van der Waals surface area contributed by atoms with Gasteiger partial charge in [-0.2, -0.15) is 5.10 Å². The quantitative estimate of drug-likeness (QED) is 0.888. The van der Waals surface area contributed by atoms with E-state index < -0.39 is 0 Å². The van der Waals surface area contributed by atoms with Crippen LogP contribution in [0.2, 0.25) is 0 Å². The van der Waals surface area contributed by atoms with Gasteiger partial charge in [-0.05, 0) is 31.0 Å². The van der Waals surface area contributed by atoms with Crippen LogP contribution in [0.3, 0.4) is 0 Å². The molecule has 0 amide bonds. The van der Waals surface area contributed by atoms with Crippen molar-refractivity contribution in [3.05, 3.63) is 52.3 Å². The summed E-state index contributed by atoms with van der Waals surface area (Å²) in [5.74, 6) is 0. The van der Waals surface area contributed by atoms with Crippen LogP contribution >= 0.6 is 0 Å². The van der Waals surface area contributed by atoms with Crippen LogP contribution in [0.1, 0.15) is 18.9 Å². The van der Waals surface area contributed by atoms with Gasteiger partial charge in [0.15, 0.2) is 0 Å². The largest absolute Gasteiger partial charge is 0.330 e. The van der Waals surface area contributed by atoms with Gasteiger partial charge in [0.2, 0.25) is 0 Å². The zero-order valence-corrected chi connectivity index (χ0v) is 11.2. The topological polar surface area (TPSA) is 60.9 Å². The molecule has 0 aliphatic heterocycles. The Hall–Kier alpha value is -1.94. The Labute approximate surface area is 112 Å². The van der Waals surface area contributed by atoms with E-state index in [2.05, 4.69) is 24.2 Å². The molecule has 1 heterocycles. The van der Waals surface area contributed by atoms with Crippen LogP contribution in [-0.2, 0) is 13.0 Å². The van der Waals surface area contributed by atoms with Gasteiger partial charge < -0.3 is 5.73 Å². The van der Waals surface area contributed by atoms with E-state index in [1.165, 1.54) is 10.2 Å². The summed E-state index contributed by atoms with van der Waals surface area (Å²) in [6.07, 6.45) is 1.77. The maximum atomic E-state index is 11.7. The van der Waals surface area contributed by atoms with E-state index in [1.54, 1.807) is 12.1 Å². The van der Waals surface area contributed by atoms with E-state index in [9.17, 15) is 4.79 Å². The molecule has 0 unspecified atom stereocenters. The first-order valence-corrected chi connectivity index (χ1v) is 6.62. The van der Waals surface area contributed by atoms with Crippen molar-refractivity contribution in [3.63, 3.8) is 0 Å². The standard InChI is InChI=1S/C15H19N3O/c1-2-12-4-6-13(7-5-12)14-8-9-15(19)18(17-14)11-3-10-16/h4-9H,2-3,10-11,16H2,1H3. The molecular formula is C15H19N3O. The highest BCUT2D eigenvalue weighted by atomic mass is 16.1. The summed E-state index contributed by atoms with van der Waals surface area (Å²) in [6.45, 7) is 3.25. The van der Waals surface area contributed by atoms with Crippen molar-refractivity contribution in [1.82, 2.24) is 9.78 Å². The summed E-state index contributed by atoms with van der Waals surface area (Å²) in [5.41, 5.74) is 8.52. The monoisotopic (exact) mass is 257 g/mol. The number of hydrogen-bond acceptors (Lipinski definition) is 3. The van der Waals surface area contributed by atoms with Gasteiger partial charge in [0.1, 0.15) is 0 Å². The molecule has 0 radical (unpaired) electrons.